The minimum absolute atomic E-state index is 0.0196. The Balaban J connectivity index is 1.61. The summed E-state index contributed by atoms with van der Waals surface area (Å²) in [6.07, 6.45) is 4.94. The van der Waals surface area contributed by atoms with Crippen molar-refractivity contribution in [1.82, 2.24) is 9.88 Å². The second kappa shape index (κ2) is 6.64. The first-order valence-electron chi connectivity index (χ1n) is 9.02. The van der Waals surface area contributed by atoms with Gasteiger partial charge in [0.2, 0.25) is 0 Å². The fraction of sp³-hybridized carbons (Fsp3) is 0.500. The van der Waals surface area contributed by atoms with Crippen molar-refractivity contribution in [2.75, 3.05) is 33.4 Å². The van der Waals surface area contributed by atoms with E-state index in [1.54, 1.807) is 13.2 Å². The molecule has 1 saturated heterocycles. The van der Waals surface area contributed by atoms with Gasteiger partial charge in [-0.15, -0.1) is 0 Å². The number of pyridine rings is 1. The minimum atomic E-state index is 0.0196. The normalized spacial score (nSPS) is 18.5. The van der Waals surface area contributed by atoms with Crippen molar-refractivity contribution >= 4 is 16.8 Å². The molecule has 132 valence electrons. The summed E-state index contributed by atoms with van der Waals surface area (Å²) in [7, 11) is 1.65. The molecule has 25 heavy (non-hydrogen) atoms. The number of carbonyl (C=O) groups excluding carboxylic acids is 1. The van der Waals surface area contributed by atoms with Gasteiger partial charge < -0.3 is 14.4 Å². The van der Waals surface area contributed by atoms with Crippen LogP contribution in [0, 0.1) is 5.41 Å². The number of hydrogen-bond acceptors (Lipinski definition) is 4. The largest absolute Gasteiger partial charge is 0.490 e. The first-order valence-corrected chi connectivity index (χ1v) is 9.02. The molecule has 2 fully saturated rings. The maximum Gasteiger partial charge on any atom is 0.272 e. The lowest BCUT2D eigenvalue weighted by atomic mass is 9.68. The number of rotatable bonds is 5. The van der Waals surface area contributed by atoms with Gasteiger partial charge in [-0.05, 0) is 36.8 Å². The lowest BCUT2D eigenvalue weighted by Gasteiger charge is -2.37. The first-order chi connectivity index (χ1) is 12.2. The van der Waals surface area contributed by atoms with Crippen LogP contribution in [0.1, 0.15) is 36.2 Å². The van der Waals surface area contributed by atoms with E-state index in [2.05, 4.69) is 4.98 Å². The summed E-state index contributed by atoms with van der Waals surface area (Å²) in [5.41, 5.74) is 1.66. The van der Waals surface area contributed by atoms with Crippen molar-refractivity contribution in [2.24, 2.45) is 5.41 Å². The number of carbonyl (C=O) groups is 1. The quantitative estimate of drug-likeness (QED) is 0.784. The zero-order valence-electron chi connectivity index (χ0n) is 14.7. The smallest absolute Gasteiger partial charge is 0.272 e. The highest BCUT2D eigenvalue weighted by atomic mass is 16.5. The summed E-state index contributed by atoms with van der Waals surface area (Å²) in [6.45, 7) is 2.67. The van der Waals surface area contributed by atoms with E-state index in [9.17, 15) is 4.79 Å². The number of para-hydroxylation sites is 1. The number of benzene rings is 1. The molecule has 0 bridgehead atoms. The number of aromatic nitrogens is 1. The van der Waals surface area contributed by atoms with Gasteiger partial charge >= 0.3 is 0 Å². The number of methoxy groups -OCH3 is 1. The molecular formula is C20H24N2O3. The number of nitrogens with zero attached hydrogens (tertiary/aromatic N) is 2. The lowest BCUT2D eigenvalue weighted by molar-refractivity contribution is 0.0726. The third-order valence-corrected chi connectivity index (χ3v) is 5.58. The van der Waals surface area contributed by atoms with E-state index in [4.69, 9.17) is 9.47 Å². The Morgan fingerprint density at radius 1 is 1.24 bits per heavy atom. The fourth-order valence-electron chi connectivity index (χ4n) is 3.96. The number of hydrogen-bond donors (Lipinski definition) is 0. The van der Waals surface area contributed by atoms with Crippen molar-refractivity contribution in [2.45, 2.75) is 25.7 Å². The van der Waals surface area contributed by atoms with Crippen LogP contribution < -0.4 is 4.74 Å². The molecule has 0 radical (unpaired) electrons. The van der Waals surface area contributed by atoms with Gasteiger partial charge in [0.1, 0.15) is 18.1 Å². The summed E-state index contributed by atoms with van der Waals surface area (Å²) in [5, 5.41) is 0.923. The third-order valence-electron chi connectivity index (χ3n) is 5.58. The monoisotopic (exact) mass is 340 g/mol. The standard InChI is InChI=1S/C20H24N2O3/c1-24-11-12-25-18-13-17(21-16-6-3-2-5-15(16)18)19(23)22-10-9-20(14-22)7-4-8-20/h2-3,5-6,13H,4,7-12,14H2,1H3. The molecule has 1 aromatic heterocycles. The van der Waals surface area contributed by atoms with Crippen molar-refractivity contribution in [3.05, 3.63) is 36.0 Å². The van der Waals surface area contributed by atoms with Crippen LogP contribution in [0.2, 0.25) is 0 Å². The van der Waals surface area contributed by atoms with Crippen molar-refractivity contribution in [3.8, 4) is 5.75 Å². The summed E-state index contributed by atoms with van der Waals surface area (Å²) in [6, 6.07) is 9.56. The van der Waals surface area contributed by atoms with E-state index in [0.717, 1.165) is 30.4 Å². The molecule has 4 rings (SSSR count). The second-order valence-electron chi connectivity index (χ2n) is 7.19. The van der Waals surface area contributed by atoms with E-state index in [0.29, 0.717) is 30.1 Å². The van der Waals surface area contributed by atoms with Crippen LogP contribution >= 0.6 is 0 Å². The Bertz CT molecular complexity index is 786. The van der Waals surface area contributed by atoms with E-state index < -0.39 is 0 Å². The zero-order chi connectivity index (χ0) is 17.3. The third kappa shape index (κ3) is 3.09. The van der Waals surface area contributed by atoms with Gasteiger partial charge in [-0.2, -0.15) is 0 Å². The highest BCUT2D eigenvalue weighted by Crippen LogP contribution is 2.48. The van der Waals surface area contributed by atoms with Gasteiger partial charge in [0.25, 0.3) is 5.91 Å². The molecule has 1 saturated carbocycles. The zero-order valence-corrected chi connectivity index (χ0v) is 14.7. The molecule has 1 aliphatic carbocycles. The average molecular weight is 340 g/mol. The molecule has 2 aromatic rings. The number of likely N-dealkylation sites (tertiary alicyclic amines) is 1. The molecule has 5 nitrogen and oxygen atoms in total. The minimum Gasteiger partial charge on any atom is -0.490 e. The molecule has 1 amide bonds. The van der Waals surface area contributed by atoms with Gasteiger partial charge in [-0.1, -0.05) is 18.6 Å². The fourth-order valence-corrected chi connectivity index (χ4v) is 3.96. The van der Waals surface area contributed by atoms with Crippen LogP contribution in [-0.2, 0) is 4.74 Å². The van der Waals surface area contributed by atoms with E-state index in [1.165, 1.54) is 19.3 Å². The van der Waals surface area contributed by atoms with Gasteiger partial charge in [0, 0.05) is 31.7 Å². The molecule has 1 aliphatic heterocycles. The Morgan fingerprint density at radius 3 is 2.80 bits per heavy atom. The van der Waals surface area contributed by atoms with Gasteiger partial charge in [-0.3, -0.25) is 4.79 Å². The SMILES string of the molecule is COCCOc1cc(C(=O)N2CCC3(CCC3)C2)nc2ccccc12. The Labute approximate surface area is 147 Å². The highest BCUT2D eigenvalue weighted by Gasteiger charge is 2.44. The molecule has 1 aromatic carbocycles. The molecule has 0 N–H and O–H groups in total. The van der Waals surface area contributed by atoms with Crippen molar-refractivity contribution in [3.63, 3.8) is 0 Å². The van der Waals surface area contributed by atoms with Crippen LogP contribution in [-0.4, -0.2) is 49.2 Å². The molecule has 2 heterocycles. The van der Waals surface area contributed by atoms with Crippen LogP contribution in [0.15, 0.2) is 30.3 Å². The van der Waals surface area contributed by atoms with Crippen LogP contribution in [0.4, 0.5) is 0 Å². The Hall–Kier alpha value is -2.14. The van der Waals surface area contributed by atoms with Gasteiger partial charge in [-0.25, -0.2) is 4.98 Å². The number of ether oxygens (including phenoxy) is 2. The summed E-state index contributed by atoms with van der Waals surface area (Å²) >= 11 is 0. The average Bonchev–Trinajstić information content (AvgIpc) is 3.07. The number of fused-ring (bicyclic) bond motifs is 1. The van der Waals surface area contributed by atoms with E-state index in [-0.39, 0.29) is 5.91 Å². The second-order valence-corrected chi connectivity index (χ2v) is 7.19. The first kappa shape index (κ1) is 16.3. The van der Waals surface area contributed by atoms with E-state index >= 15 is 0 Å². The maximum atomic E-state index is 13.0. The van der Waals surface area contributed by atoms with Gasteiger partial charge in [0.05, 0.1) is 12.1 Å². The Kier molecular flexibility index (Phi) is 4.34. The molecular weight excluding hydrogens is 316 g/mol. The van der Waals surface area contributed by atoms with Crippen molar-refractivity contribution < 1.29 is 14.3 Å². The van der Waals surface area contributed by atoms with Crippen LogP contribution in [0.5, 0.6) is 5.75 Å². The summed E-state index contributed by atoms with van der Waals surface area (Å²) < 4.78 is 10.9. The Morgan fingerprint density at radius 2 is 2.08 bits per heavy atom. The molecule has 0 atom stereocenters. The topological polar surface area (TPSA) is 51.7 Å². The predicted octanol–water partition coefficient (Wildman–Crippen LogP) is 3.28. The van der Waals surface area contributed by atoms with Gasteiger partial charge in [0.15, 0.2) is 0 Å². The molecule has 1 spiro atoms. The summed E-state index contributed by atoms with van der Waals surface area (Å²) in [5.74, 6) is 0.717. The molecule has 2 aliphatic rings. The number of amides is 1. The molecule has 0 unspecified atom stereocenters. The lowest BCUT2D eigenvalue weighted by Crippen LogP contribution is -2.36. The molecule has 5 heteroatoms. The van der Waals surface area contributed by atoms with Crippen LogP contribution in [0.3, 0.4) is 0 Å². The van der Waals surface area contributed by atoms with E-state index in [1.807, 2.05) is 29.2 Å². The predicted molar refractivity (Wildman–Crippen MR) is 95.9 cm³/mol. The summed E-state index contributed by atoms with van der Waals surface area (Å²) in [4.78, 5) is 19.5. The van der Waals surface area contributed by atoms with Crippen LogP contribution in [0.25, 0.3) is 10.9 Å². The highest BCUT2D eigenvalue weighted by molar-refractivity contribution is 5.97. The van der Waals surface area contributed by atoms with Crippen molar-refractivity contribution in [1.29, 1.82) is 0 Å². The maximum absolute atomic E-state index is 13.0.